The highest BCUT2D eigenvalue weighted by Crippen LogP contribution is 1.84. The second-order valence-corrected chi connectivity index (χ2v) is 2.85. The quantitative estimate of drug-likeness (QED) is 0.654. The van der Waals surface area contributed by atoms with Crippen molar-refractivity contribution in [1.29, 1.82) is 0 Å². The number of carbonyl (C=O) groups is 3. The zero-order valence-corrected chi connectivity index (χ0v) is 9.21. The molecule has 0 aliphatic rings. The summed E-state index contributed by atoms with van der Waals surface area (Å²) in [6, 6.07) is -0.553. The summed E-state index contributed by atoms with van der Waals surface area (Å²) in [7, 11) is 1.28. The Morgan fingerprint density at radius 2 is 1.50 bits per heavy atom. The number of amides is 1. The second kappa shape index (κ2) is 8.22. The van der Waals surface area contributed by atoms with Gasteiger partial charge in [0.1, 0.15) is 11.8 Å². The van der Waals surface area contributed by atoms with E-state index in [4.69, 9.17) is 0 Å². The molecule has 1 atom stereocenters. The molecule has 0 heterocycles. The van der Waals surface area contributed by atoms with Gasteiger partial charge in [0.05, 0.1) is 7.11 Å². The average molecular weight is 203 g/mol. The number of nitrogens with one attached hydrogen (secondary N) is 1. The summed E-state index contributed by atoms with van der Waals surface area (Å²) in [5.74, 6) is -0.506. The zero-order chi connectivity index (χ0) is 11.7. The number of ether oxygens (including phenoxy) is 1. The van der Waals surface area contributed by atoms with Gasteiger partial charge in [-0.1, -0.05) is 0 Å². The molecule has 0 aliphatic carbocycles. The minimum atomic E-state index is -0.553. The summed E-state index contributed by atoms with van der Waals surface area (Å²) in [5.41, 5.74) is 0. The van der Waals surface area contributed by atoms with Gasteiger partial charge in [-0.3, -0.25) is 4.79 Å². The van der Waals surface area contributed by atoms with Crippen LogP contribution in [0.1, 0.15) is 27.7 Å². The van der Waals surface area contributed by atoms with E-state index in [2.05, 4.69) is 10.1 Å². The summed E-state index contributed by atoms with van der Waals surface area (Å²) in [5, 5.41) is 2.38. The molecule has 5 heteroatoms. The molecular formula is C9H17NO4. The third-order valence-corrected chi connectivity index (χ3v) is 0.975. The van der Waals surface area contributed by atoms with Gasteiger partial charge in [-0.2, -0.15) is 0 Å². The Kier molecular flexibility index (Phi) is 8.86. The fraction of sp³-hybridized carbons (Fsp3) is 0.667. The van der Waals surface area contributed by atoms with E-state index in [0.717, 1.165) is 0 Å². The third-order valence-electron chi connectivity index (χ3n) is 0.975. The van der Waals surface area contributed by atoms with E-state index in [1.54, 1.807) is 6.92 Å². The van der Waals surface area contributed by atoms with Crippen LogP contribution in [0.3, 0.4) is 0 Å². The minimum Gasteiger partial charge on any atom is -0.467 e. The van der Waals surface area contributed by atoms with Crippen LogP contribution in [0.5, 0.6) is 0 Å². The first kappa shape index (κ1) is 15.1. The lowest BCUT2D eigenvalue weighted by Crippen LogP contribution is -2.37. The molecule has 82 valence electrons. The summed E-state index contributed by atoms with van der Waals surface area (Å²) in [6.45, 7) is 5.96. The topological polar surface area (TPSA) is 72.5 Å². The van der Waals surface area contributed by atoms with Crippen molar-refractivity contribution >= 4 is 17.7 Å². The maximum atomic E-state index is 10.6. The Balaban J connectivity index is 0. The normalized spacial score (nSPS) is 10.4. The predicted octanol–water partition coefficient (Wildman–Crippen LogP) is 0.279. The average Bonchev–Trinajstić information content (AvgIpc) is 2.00. The van der Waals surface area contributed by atoms with Crippen molar-refractivity contribution in [1.82, 2.24) is 5.32 Å². The van der Waals surface area contributed by atoms with E-state index in [1.165, 1.54) is 27.9 Å². The van der Waals surface area contributed by atoms with Crippen molar-refractivity contribution in [3.8, 4) is 0 Å². The number of hydrogen-bond donors (Lipinski definition) is 1. The van der Waals surface area contributed by atoms with Gasteiger partial charge in [0.15, 0.2) is 0 Å². The molecule has 0 aromatic rings. The van der Waals surface area contributed by atoms with Crippen LogP contribution in [0.2, 0.25) is 0 Å². The molecule has 1 N–H and O–H groups in total. The number of esters is 1. The van der Waals surface area contributed by atoms with Gasteiger partial charge in [0.2, 0.25) is 5.91 Å². The fourth-order valence-corrected chi connectivity index (χ4v) is 0.541. The van der Waals surface area contributed by atoms with Gasteiger partial charge >= 0.3 is 5.97 Å². The monoisotopic (exact) mass is 203 g/mol. The van der Waals surface area contributed by atoms with Crippen LogP contribution in [0, 0.1) is 0 Å². The fourth-order valence-electron chi connectivity index (χ4n) is 0.541. The Morgan fingerprint density at radius 3 is 1.71 bits per heavy atom. The number of rotatable bonds is 2. The van der Waals surface area contributed by atoms with Gasteiger partial charge in [-0.05, 0) is 20.8 Å². The zero-order valence-electron chi connectivity index (χ0n) is 9.21. The highest BCUT2D eigenvalue weighted by atomic mass is 16.5. The molecule has 1 amide bonds. The second-order valence-electron chi connectivity index (χ2n) is 2.85. The lowest BCUT2D eigenvalue weighted by molar-refractivity contribution is -0.144. The molecular weight excluding hydrogens is 186 g/mol. The van der Waals surface area contributed by atoms with E-state index in [0.29, 0.717) is 0 Å². The van der Waals surface area contributed by atoms with Crippen LogP contribution in [-0.2, 0) is 19.1 Å². The number of carbonyl (C=O) groups excluding carboxylic acids is 3. The molecule has 0 radical (unpaired) electrons. The molecule has 0 bridgehead atoms. The molecule has 0 aromatic carbocycles. The predicted molar refractivity (Wildman–Crippen MR) is 51.6 cm³/mol. The Labute approximate surface area is 83.8 Å². The summed E-state index contributed by atoms with van der Waals surface area (Å²) >= 11 is 0. The van der Waals surface area contributed by atoms with Gasteiger partial charge in [0.25, 0.3) is 0 Å². The van der Waals surface area contributed by atoms with Crippen LogP contribution in [-0.4, -0.2) is 30.8 Å². The molecule has 0 fully saturated rings. The number of Topliss-reactive ketones (excluding diaryl/α,β-unsaturated/α-hetero) is 1. The summed E-state index contributed by atoms with van der Waals surface area (Å²) < 4.78 is 4.36. The van der Waals surface area contributed by atoms with Gasteiger partial charge in [-0.25, -0.2) is 4.79 Å². The van der Waals surface area contributed by atoms with Crippen LogP contribution in [0.25, 0.3) is 0 Å². The lowest BCUT2D eigenvalue weighted by atomic mass is 10.3. The van der Waals surface area contributed by atoms with Crippen molar-refractivity contribution in [2.24, 2.45) is 0 Å². The third kappa shape index (κ3) is 13.2. The number of methoxy groups -OCH3 is 1. The first-order chi connectivity index (χ1) is 6.31. The van der Waals surface area contributed by atoms with Crippen molar-refractivity contribution in [3.63, 3.8) is 0 Å². The van der Waals surface area contributed by atoms with Crippen LogP contribution in [0.15, 0.2) is 0 Å². The van der Waals surface area contributed by atoms with E-state index in [9.17, 15) is 14.4 Å². The van der Waals surface area contributed by atoms with Gasteiger partial charge < -0.3 is 14.8 Å². The van der Waals surface area contributed by atoms with Crippen molar-refractivity contribution in [2.75, 3.05) is 7.11 Å². The lowest BCUT2D eigenvalue weighted by Gasteiger charge is -2.08. The number of ketones is 1. The summed E-state index contributed by atoms with van der Waals surface area (Å²) in [6.07, 6.45) is 0. The summed E-state index contributed by atoms with van der Waals surface area (Å²) in [4.78, 5) is 30.4. The van der Waals surface area contributed by atoms with Crippen molar-refractivity contribution in [2.45, 2.75) is 33.7 Å². The molecule has 0 saturated heterocycles. The largest absolute Gasteiger partial charge is 0.467 e. The molecule has 0 aromatic heterocycles. The Morgan fingerprint density at radius 1 is 1.14 bits per heavy atom. The molecule has 5 nitrogen and oxygen atoms in total. The van der Waals surface area contributed by atoms with Gasteiger partial charge in [0, 0.05) is 6.92 Å². The van der Waals surface area contributed by atoms with Gasteiger partial charge in [-0.15, -0.1) is 0 Å². The van der Waals surface area contributed by atoms with Crippen LogP contribution in [0.4, 0.5) is 0 Å². The van der Waals surface area contributed by atoms with Crippen LogP contribution < -0.4 is 5.32 Å². The maximum absolute atomic E-state index is 10.6. The van der Waals surface area contributed by atoms with Crippen LogP contribution >= 0.6 is 0 Å². The molecule has 14 heavy (non-hydrogen) atoms. The van der Waals surface area contributed by atoms with Crippen molar-refractivity contribution < 1.29 is 19.1 Å². The molecule has 0 rings (SSSR count). The molecule has 0 spiro atoms. The SMILES string of the molecule is CC(C)=O.COC(=O)C(C)NC(C)=O. The maximum Gasteiger partial charge on any atom is 0.328 e. The Bertz CT molecular complexity index is 209. The standard InChI is InChI=1S/C6H11NO3.C3H6O/c1-4(6(9)10-3)7-5(2)8;1-3(2)4/h4H,1-3H3,(H,7,8);1-2H3. The highest BCUT2D eigenvalue weighted by Gasteiger charge is 2.12. The molecule has 1 unspecified atom stereocenters. The molecule has 0 saturated carbocycles. The van der Waals surface area contributed by atoms with E-state index < -0.39 is 12.0 Å². The first-order valence-corrected chi connectivity index (χ1v) is 4.13. The van der Waals surface area contributed by atoms with E-state index >= 15 is 0 Å². The van der Waals surface area contributed by atoms with Crippen molar-refractivity contribution in [3.05, 3.63) is 0 Å². The molecule has 0 aliphatic heterocycles. The first-order valence-electron chi connectivity index (χ1n) is 4.13. The van der Waals surface area contributed by atoms with E-state index in [-0.39, 0.29) is 11.7 Å². The minimum absolute atomic E-state index is 0.167. The van der Waals surface area contributed by atoms with E-state index in [1.807, 2.05) is 0 Å². The number of hydrogen-bond acceptors (Lipinski definition) is 4. The Hall–Kier alpha value is -1.39. The highest BCUT2D eigenvalue weighted by molar-refractivity contribution is 5.82. The smallest absolute Gasteiger partial charge is 0.328 e.